The van der Waals surface area contributed by atoms with Crippen molar-refractivity contribution in [2.45, 2.75) is 12.8 Å². The molecular weight excluding hydrogens is 200 g/mol. The van der Waals surface area contributed by atoms with Gasteiger partial charge in [-0.15, -0.1) is 11.3 Å². The van der Waals surface area contributed by atoms with E-state index in [0.29, 0.717) is 19.6 Å². The molecule has 14 heavy (non-hydrogen) atoms. The first-order chi connectivity index (χ1) is 6.83. The molecule has 1 rings (SSSR count). The van der Waals surface area contributed by atoms with Gasteiger partial charge in [0, 0.05) is 11.4 Å². The predicted octanol–water partition coefficient (Wildman–Crippen LogP) is 0.687. The van der Waals surface area contributed by atoms with Crippen molar-refractivity contribution in [3.8, 4) is 0 Å². The molecule has 78 valence electrons. The summed E-state index contributed by atoms with van der Waals surface area (Å²) in [5, 5.41) is 4.75. The van der Waals surface area contributed by atoms with Crippen molar-refractivity contribution in [3.05, 3.63) is 22.4 Å². The molecule has 0 bridgehead atoms. The molecule has 1 aromatic heterocycles. The van der Waals surface area contributed by atoms with E-state index in [0.717, 1.165) is 11.3 Å². The normalized spacial score (nSPS) is 10.1. The van der Waals surface area contributed by atoms with E-state index < -0.39 is 0 Å². The van der Waals surface area contributed by atoms with Crippen LogP contribution in [0.4, 0.5) is 0 Å². The van der Waals surface area contributed by atoms with E-state index in [1.807, 2.05) is 17.5 Å². The van der Waals surface area contributed by atoms with Crippen LogP contribution in [0.5, 0.6) is 0 Å². The Balaban J connectivity index is 2.11. The number of hydrogen-bond donors (Lipinski definition) is 2. The number of thiophene rings is 1. The molecule has 3 N–H and O–H groups in total. The van der Waals surface area contributed by atoms with E-state index in [-0.39, 0.29) is 5.91 Å². The highest BCUT2D eigenvalue weighted by atomic mass is 32.1. The second kappa shape index (κ2) is 6.53. The molecule has 5 heteroatoms. The van der Waals surface area contributed by atoms with Gasteiger partial charge in [0.15, 0.2) is 0 Å². The number of amides is 1. The van der Waals surface area contributed by atoms with Crippen molar-refractivity contribution in [2.24, 2.45) is 5.90 Å². The molecule has 0 unspecified atom stereocenters. The molecule has 0 aliphatic carbocycles. The maximum atomic E-state index is 11.3. The molecule has 0 aliphatic rings. The van der Waals surface area contributed by atoms with Gasteiger partial charge in [-0.25, -0.2) is 5.90 Å². The lowest BCUT2D eigenvalue weighted by Gasteiger charge is -2.02. The highest BCUT2D eigenvalue weighted by Crippen LogP contribution is 2.08. The molecule has 0 spiro atoms. The Hall–Kier alpha value is -0.910. The van der Waals surface area contributed by atoms with Gasteiger partial charge in [0.2, 0.25) is 5.91 Å². The molecule has 0 fully saturated rings. The maximum Gasteiger partial charge on any atom is 0.225 e. The van der Waals surface area contributed by atoms with Crippen molar-refractivity contribution in [1.29, 1.82) is 0 Å². The summed E-state index contributed by atoms with van der Waals surface area (Å²) in [5.74, 6) is 4.89. The van der Waals surface area contributed by atoms with Gasteiger partial charge in [-0.05, 0) is 17.9 Å². The lowest BCUT2D eigenvalue weighted by Crippen LogP contribution is -2.26. The van der Waals surface area contributed by atoms with Gasteiger partial charge in [0.25, 0.3) is 0 Å². The van der Waals surface area contributed by atoms with Gasteiger partial charge in [0.05, 0.1) is 13.0 Å². The third-order valence-corrected chi connectivity index (χ3v) is 2.55. The summed E-state index contributed by atoms with van der Waals surface area (Å²) in [6.07, 6.45) is 1.20. The minimum Gasteiger partial charge on any atom is -0.356 e. The minimum atomic E-state index is 0.0458. The van der Waals surface area contributed by atoms with E-state index >= 15 is 0 Å². The minimum absolute atomic E-state index is 0.0458. The Bertz CT molecular complexity index is 262. The molecular formula is C9H14N2O2S. The van der Waals surface area contributed by atoms with Crippen LogP contribution in [-0.2, 0) is 16.1 Å². The number of rotatable bonds is 6. The SMILES string of the molecule is NOCCCNC(=O)Cc1cccs1. The number of nitrogens with one attached hydrogen (secondary N) is 1. The average molecular weight is 214 g/mol. The second-order valence-electron chi connectivity index (χ2n) is 2.83. The summed E-state index contributed by atoms with van der Waals surface area (Å²) in [6.45, 7) is 1.08. The highest BCUT2D eigenvalue weighted by Gasteiger charge is 2.02. The molecule has 1 heterocycles. The Morgan fingerprint density at radius 3 is 3.14 bits per heavy atom. The largest absolute Gasteiger partial charge is 0.356 e. The van der Waals surface area contributed by atoms with Crippen molar-refractivity contribution >= 4 is 17.2 Å². The quantitative estimate of drug-likeness (QED) is 0.541. The highest BCUT2D eigenvalue weighted by molar-refractivity contribution is 7.10. The summed E-state index contributed by atoms with van der Waals surface area (Å²) in [5.41, 5.74) is 0. The lowest BCUT2D eigenvalue weighted by molar-refractivity contribution is -0.120. The zero-order valence-electron chi connectivity index (χ0n) is 7.86. The molecule has 1 aromatic rings. The monoisotopic (exact) mass is 214 g/mol. The van der Waals surface area contributed by atoms with Gasteiger partial charge in [0.1, 0.15) is 0 Å². The van der Waals surface area contributed by atoms with Gasteiger partial charge in [-0.2, -0.15) is 0 Å². The van der Waals surface area contributed by atoms with Crippen LogP contribution in [0.15, 0.2) is 17.5 Å². The van der Waals surface area contributed by atoms with Crippen LogP contribution in [0, 0.1) is 0 Å². The standard InChI is InChI=1S/C9H14N2O2S/c10-13-5-2-4-11-9(12)7-8-3-1-6-14-8/h1,3,6H,2,4-5,7,10H2,(H,11,12). The van der Waals surface area contributed by atoms with E-state index in [2.05, 4.69) is 10.2 Å². The first kappa shape index (κ1) is 11.2. The molecule has 0 saturated carbocycles. The van der Waals surface area contributed by atoms with Crippen LogP contribution in [-0.4, -0.2) is 19.1 Å². The van der Waals surface area contributed by atoms with Crippen LogP contribution in [0.1, 0.15) is 11.3 Å². The summed E-state index contributed by atoms with van der Waals surface area (Å²) in [7, 11) is 0. The van der Waals surface area contributed by atoms with Crippen LogP contribution in [0.25, 0.3) is 0 Å². The molecule has 0 atom stereocenters. The zero-order chi connectivity index (χ0) is 10.2. The molecule has 0 aromatic carbocycles. The topological polar surface area (TPSA) is 64.3 Å². The molecule has 0 radical (unpaired) electrons. The van der Waals surface area contributed by atoms with Crippen molar-refractivity contribution in [1.82, 2.24) is 5.32 Å². The van der Waals surface area contributed by atoms with Crippen molar-refractivity contribution in [2.75, 3.05) is 13.2 Å². The van der Waals surface area contributed by atoms with Crippen LogP contribution in [0.3, 0.4) is 0 Å². The van der Waals surface area contributed by atoms with Crippen molar-refractivity contribution < 1.29 is 9.63 Å². The number of carbonyl (C=O) groups is 1. The Kier molecular flexibility index (Phi) is 5.21. The molecule has 1 amide bonds. The van der Waals surface area contributed by atoms with Gasteiger partial charge in [-0.3, -0.25) is 4.79 Å². The smallest absolute Gasteiger partial charge is 0.225 e. The second-order valence-corrected chi connectivity index (χ2v) is 3.86. The summed E-state index contributed by atoms with van der Waals surface area (Å²) in [4.78, 5) is 16.8. The maximum absolute atomic E-state index is 11.3. The van der Waals surface area contributed by atoms with E-state index in [1.165, 1.54) is 0 Å². The number of nitrogens with two attached hydrogens (primary N) is 1. The van der Waals surface area contributed by atoms with Crippen LogP contribution in [0.2, 0.25) is 0 Å². The van der Waals surface area contributed by atoms with Gasteiger partial charge < -0.3 is 10.2 Å². The number of carbonyl (C=O) groups excluding carboxylic acids is 1. The summed E-state index contributed by atoms with van der Waals surface area (Å²) in [6, 6.07) is 3.89. The van der Waals surface area contributed by atoms with Crippen LogP contribution >= 0.6 is 11.3 Å². The van der Waals surface area contributed by atoms with Crippen molar-refractivity contribution in [3.63, 3.8) is 0 Å². The Morgan fingerprint density at radius 2 is 2.50 bits per heavy atom. The number of hydrogen-bond acceptors (Lipinski definition) is 4. The average Bonchev–Trinajstić information content (AvgIpc) is 2.65. The first-order valence-corrected chi connectivity index (χ1v) is 5.31. The predicted molar refractivity (Wildman–Crippen MR) is 55.8 cm³/mol. The fourth-order valence-electron chi connectivity index (χ4n) is 1.02. The molecule has 4 nitrogen and oxygen atoms in total. The van der Waals surface area contributed by atoms with Gasteiger partial charge in [-0.1, -0.05) is 6.07 Å². The Morgan fingerprint density at radius 1 is 1.64 bits per heavy atom. The lowest BCUT2D eigenvalue weighted by atomic mass is 10.3. The van der Waals surface area contributed by atoms with E-state index in [1.54, 1.807) is 11.3 Å². The molecule has 0 saturated heterocycles. The third-order valence-electron chi connectivity index (χ3n) is 1.68. The molecule has 0 aliphatic heterocycles. The Labute approximate surface area is 87.0 Å². The van der Waals surface area contributed by atoms with E-state index in [4.69, 9.17) is 5.90 Å². The third kappa shape index (κ3) is 4.36. The summed E-state index contributed by atoms with van der Waals surface area (Å²) >= 11 is 1.59. The fraction of sp³-hybridized carbons (Fsp3) is 0.444. The first-order valence-electron chi connectivity index (χ1n) is 4.43. The van der Waals surface area contributed by atoms with E-state index in [9.17, 15) is 4.79 Å². The zero-order valence-corrected chi connectivity index (χ0v) is 8.68. The fourth-order valence-corrected chi connectivity index (χ4v) is 1.72. The van der Waals surface area contributed by atoms with Crippen LogP contribution < -0.4 is 11.2 Å². The van der Waals surface area contributed by atoms with Gasteiger partial charge >= 0.3 is 0 Å². The summed E-state index contributed by atoms with van der Waals surface area (Å²) < 4.78 is 0.